The lowest BCUT2D eigenvalue weighted by atomic mass is 9.97. The highest BCUT2D eigenvalue weighted by molar-refractivity contribution is 7.89. The van der Waals surface area contributed by atoms with Crippen molar-refractivity contribution >= 4 is 33.3 Å². The maximum atomic E-state index is 14.1. The minimum Gasteiger partial charge on any atom is -0.395 e. The highest BCUT2D eigenvalue weighted by Gasteiger charge is 2.41. The summed E-state index contributed by atoms with van der Waals surface area (Å²) in [5.41, 5.74) is 2.13. The van der Waals surface area contributed by atoms with Crippen LogP contribution in [-0.4, -0.2) is 100 Å². The van der Waals surface area contributed by atoms with E-state index in [1.54, 1.807) is 23.6 Å². The lowest BCUT2D eigenvalue weighted by molar-refractivity contribution is -0.128. The fourth-order valence-corrected chi connectivity index (χ4v) is 8.61. The van der Waals surface area contributed by atoms with Crippen molar-refractivity contribution in [1.29, 1.82) is 0 Å². The standard InChI is InChI=1S/C35H48N6O7S2/c1-23(2)31(21-42)41(50(47,48)29-13-11-27(12-14-29)18-36-46)20-32(43)30(17-26-9-7-6-8-10-26)38-34(44)33(24(3)4)40-16-15-39(35(40)45)19-28-22-49-25(5)37-28/h6-14,22-24,30-33,42-43H,15-21H2,1-5H3,(H,38,44)/t30-,31-,32+,33-/m0/s1. The molecule has 3 aromatic rings. The minimum atomic E-state index is -4.27. The van der Waals surface area contributed by atoms with Gasteiger partial charge in [-0.3, -0.25) is 4.79 Å². The zero-order chi connectivity index (χ0) is 36.6. The van der Waals surface area contributed by atoms with E-state index in [9.17, 15) is 33.1 Å². The number of carbonyl (C=O) groups excluding carboxylic acids is 2. The van der Waals surface area contributed by atoms with E-state index >= 15 is 0 Å². The van der Waals surface area contributed by atoms with Gasteiger partial charge in [0.25, 0.3) is 0 Å². The number of sulfonamides is 1. The Balaban J connectivity index is 1.61. The van der Waals surface area contributed by atoms with Crippen molar-refractivity contribution in [2.24, 2.45) is 17.0 Å². The topological polar surface area (TPSA) is 173 Å². The van der Waals surface area contributed by atoms with Crippen molar-refractivity contribution in [3.8, 4) is 0 Å². The Labute approximate surface area is 298 Å². The van der Waals surface area contributed by atoms with Crippen LogP contribution in [0.1, 0.15) is 49.5 Å². The van der Waals surface area contributed by atoms with Crippen LogP contribution in [0.15, 0.2) is 70.0 Å². The molecule has 13 nitrogen and oxygen atoms in total. The van der Waals surface area contributed by atoms with Crippen LogP contribution >= 0.6 is 11.3 Å². The number of nitroso groups, excluding NO2 is 1. The van der Waals surface area contributed by atoms with E-state index in [4.69, 9.17) is 0 Å². The molecule has 0 radical (unpaired) electrons. The molecule has 3 N–H and O–H groups in total. The number of amides is 3. The van der Waals surface area contributed by atoms with Gasteiger partial charge in [-0.2, -0.15) is 9.21 Å². The Bertz CT molecular complexity index is 1680. The van der Waals surface area contributed by atoms with Crippen LogP contribution in [-0.2, 0) is 34.3 Å². The maximum Gasteiger partial charge on any atom is 0.321 e. The molecule has 1 aliphatic rings. The molecule has 1 fully saturated rings. The van der Waals surface area contributed by atoms with Gasteiger partial charge < -0.3 is 25.3 Å². The summed E-state index contributed by atoms with van der Waals surface area (Å²) in [7, 11) is -4.27. The zero-order valence-electron chi connectivity index (χ0n) is 29.2. The molecule has 0 bridgehead atoms. The Hall–Kier alpha value is -3.76. The van der Waals surface area contributed by atoms with Crippen molar-refractivity contribution < 1.29 is 28.2 Å². The predicted molar refractivity (Wildman–Crippen MR) is 192 cm³/mol. The van der Waals surface area contributed by atoms with Crippen molar-refractivity contribution in [1.82, 2.24) is 24.4 Å². The number of benzene rings is 2. The molecule has 2 heterocycles. The van der Waals surface area contributed by atoms with Crippen LogP contribution in [0.4, 0.5) is 4.79 Å². The average molecular weight is 729 g/mol. The molecule has 1 aliphatic heterocycles. The number of carbonyl (C=O) groups is 2. The quantitative estimate of drug-likeness (QED) is 0.166. The Morgan fingerprint density at radius 2 is 1.72 bits per heavy atom. The van der Waals surface area contributed by atoms with E-state index in [0.29, 0.717) is 25.2 Å². The molecule has 4 atom stereocenters. The SMILES string of the molecule is Cc1nc(CN2CCN([C@H](C(=O)N[C@@H](Cc3ccccc3)[C@H](O)CN([C@@H](CO)C(C)C)S(=O)(=O)c3ccc(CN=O)cc3)C(C)C)C2=O)cs1. The van der Waals surface area contributed by atoms with Crippen molar-refractivity contribution in [2.75, 3.05) is 26.2 Å². The summed E-state index contributed by atoms with van der Waals surface area (Å²) in [4.78, 5) is 46.0. The first-order valence-electron chi connectivity index (χ1n) is 16.8. The second-order valence-corrected chi connectivity index (χ2v) is 16.3. The van der Waals surface area contributed by atoms with Crippen LogP contribution in [0.5, 0.6) is 0 Å². The second-order valence-electron chi connectivity index (χ2n) is 13.3. The molecular weight excluding hydrogens is 681 g/mol. The number of aliphatic hydroxyl groups is 2. The molecule has 15 heteroatoms. The van der Waals surface area contributed by atoms with Crippen molar-refractivity contribution in [3.63, 3.8) is 0 Å². The molecule has 1 aromatic heterocycles. The smallest absolute Gasteiger partial charge is 0.321 e. The first-order valence-corrected chi connectivity index (χ1v) is 19.1. The van der Waals surface area contributed by atoms with E-state index < -0.39 is 53.3 Å². The molecule has 50 heavy (non-hydrogen) atoms. The normalized spacial score (nSPS) is 16.2. The molecule has 272 valence electrons. The third-order valence-electron chi connectivity index (χ3n) is 8.94. The van der Waals surface area contributed by atoms with Crippen molar-refractivity contribution in [3.05, 3.63) is 86.7 Å². The first-order chi connectivity index (χ1) is 23.8. The van der Waals surface area contributed by atoms with Crippen LogP contribution in [0.25, 0.3) is 0 Å². The fourth-order valence-electron chi connectivity index (χ4n) is 6.24. The van der Waals surface area contributed by atoms with Gasteiger partial charge in [0.1, 0.15) is 12.6 Å². The van der Waals surface area contributed by atoms with Crippen LogP contribution in [0, 0.1) is 23.7 Å². The molecule has 0 spiro atoms. The van der Waals surface area contributed by atoms with Gasteiger partial charge in [0.15, 0.2) is 0 Å². The van der Waals surface area contributed by atoms with Gasteiger partial charge in [-0.15, -0.1) is 11.3 Å². The Morgan fingerprint density at radius 3 is 2.28 bits per heavy atom. The first kappa shape index (κ1) is 39.0. The van der Waals surface area contributed by atoms with Gasteiger partial charge in [-0.05, 0) is 48.4 Å². The summed E-state index contributed by atoms with van der Waals surface area (Å²) in [6.45, 7) is 9.21. The van der Waals surface area contributed by atoms with E-state index in [1.807, 2.05) is 56.5 Å². The lowest BCUT2D eigenvalue weighted by Gasteiger charge is -2.37. The second kappa shape index (κ2) is 17.4. The number of aryl methyl sites for hydroxylation is 1. The molecule has 3 amide bonds. The highest BCUT2D eigenvalue weighted by atomic mass is 32.2. The molecular formula is C35H48N6O7S2. The minimum absolute atomic E-state index is 0.0770. The summed E-state index contributed by atoms with van der Waals surface area (Å²) in [6, 6.07) is 12.0. The summed E-state index contributed by atoms with van der Waals surface area (Å²) < 4.78 is 29.3. The van der Waals surface area contributed by atoms with Crippen molar-refractivity contribution in [2.45, 2.75) is 83.3 Å². The summed E-state index contributed by atoms with van der Waals surface area (Å²) >= 11 is 1.51. The number of hydrogen-bond donors (Lipinski definition) is 3. The maximum absolute atomic E-state index is 14.1. The monoisotopic (exact) mass is 728 g/mol. The van der Waals surface area contributed by atoms with E-state index in [0.717, 1.165) is 20.6 Å². The molecule has 4 rings (SSSR count). The van der Waals surface area contributed by atoms with Gasteiger partial charge >= 0.3 is 6.03 Å². The fraction of sp³-hybridized carbons (Fsp3) is 0.514. The summed E-state index contributed by atoms with van der Waals surface area (Å²) in [5, 5.41) is 30.9. The number of hydrogen-bond acceptors (Lipinski definition) is 10. The highest BCUT2D eigenvalue weighted by Crippen LogP contribution is 2.25. The molecule has 2 aromatic carbocycles. The van der Waals surface area contributed by atoms with Crippen LogP contribution < -0.4 is 5.32 Å². The lowest BCUT2D eigenvalue weighted by Crippen LogP contribution is -2.58. The number of nitrogens with zero attached hydrogens (tertiary/aromatic N) is 5. The number of rotatable bonds is 18. The summed E-state index contributed by atoms with van der Waals surface area (Å²) in [5.74, 6) is -1.06. The Morgan fingerprint density at radius 1 is 1.04 bits per heavy atom. The zero-order valence-corrected chi connectivity index (χ0v) is 30.8. The van der Waals surface area contributed by atoms with E-state index in [1.165, 1.54) is 35.6 Å². The molecule has 1 saturated heterocycles. The molecule has 0 aliphatic carbocycles. The van der Waals surface area contributed by atoms with Gasteiger partial charge in [-0.1, -0.05) is 75.3 Å². The van der Waals surface area contributed by atoms with E-state index in [2.05, 4.69) is 15.5 Å². The number of urea groups is 1. The van der Waals surface area contributed by atoms with Crippen LogP contribution in [0.3, 0.4) is 0 Å². The van der Waals surface area contributed by atoms with Gasteiger partial charge in [0.2, 0.25) is 15.9 Å². The number of aromatic nitrogens is 1. The van der Waals surface area contributed by atoms with Crippen LogP contribution in [0.2, 0.25) is 0 Å². The van der Waals surface area contributed by atoms with Gasteiger partial charge in [0, 0.05) is 25.0 Å². The molecule has 0 unspecified atom stereocenters. The number of aliphatic hydroxyl groups excluding tert-OH is 2. The third-order valence-corrected chi connectivity index (χ3v) is 11.7. The number of nitrogens with one attached hydrogen (secondary N) is 1. The van der Waals surface area contributed by atoms with Gasteiger partial charge in [0.05, 0.1) is 46.9 Å². The number of thiazole rings is 1. The molecule has 0 saturated carbocycles. The van der Waals surface area contributed by atoms with E-state index in [-0.39, 0.29) is 35.7 Å². The Kier molecular flexibility index (Phi) is 13.6. The third kappa shape index (κ3) is 9.51. The average Bonchev–Trinajstić information content (AvgIpc) is 3.65. The summed E-state index contributed by atoms with van der Waals surface area (Å²) in [6.07, 6.45) is -1.24. The largest absolute Gasteiger partial charge is 0.395 e. The predicted octanol–water partition coefficient (Wildman–Crippen LogP) is 3.78. The van der Waals surface area contributed by atoms with Gasteiger partial charge in [-0.25, -0.2) is 18.2 Å².